The van der Waals surface area contributed by atoms with Gasteiger partial charge in [-0.2, -0.15) is 0 Å². The molecule has 256 valence electrons. The minimum absolute atomic E-state index is 1.04. The number of rotatable bonds is 0. The second-order valence-corrected chi connectivity index (χ2v) is 13.7. The van der Waals surface area contributed by atoms with Crippen LogP contribution in [0.2, 0.25) is 0 Å². The Balaban J connectivity index is 1.65. The topological polar surface area (TPSA) is 13.0 Å². The average molecular weight is 629 g/mol. The summed E-state index contributed by atoms with van der Waals surface area (Å²) < 4.78 is 0. The first-order chi connectivity index (χ1) is 22.9. The first-order valence-electron chi connectivity index (χ1n) is 19.6. The molecule has 4 heteroatoms. The maximum Gasteiger partial charge on any atom is 0.0101 e. The van der Waals surface area contributed by atoms with Crippen molar-refractivity contribution in [1.29, 1.82) is 0 Å². The van der Waals surface area contributed by atoms with Crippen LogP contribution in [-0.2, 0) is 0 Å². The van der Waals surface area contributed by atoms with Gasteiger partial charge >= 0.3 is 0 Å². The van der Waals surface area contributed by atoms with E-state index >= 15 is 0 Å². The Morgan fingerprint density at radius 1 is 0.174 bits per heavy atom. The maximum atomic E-state index is 3.51. The molecule has 0 saturated carbocycles. The lowest BCUT2D eigenvalue weighted by Gasteiger charge is -2.24. The van der Waals surface area contributed by atoms with Gasteiger partial charge in [-0.1, -0.05) is 12.8 Å². The van der Waals surface area contributed by atoms with Crippen LogP contribution in [0.15, 0.2) is 0 Å². The molecule has 6 heterocycles. The third-order valence-electron chi connectivity index (χ3n) is 9.61. The van der Waals surface area contributed by atoms with Crippen molar-refractivity contribution >= 4 is 0 Å². The highest BCUT2D eigenvalue weighted by atomic mass is 15.1. The van der Waals surface area contributed by atoms with Crippen molar-refractivity contribution in [2.24, 2.45) is 0 Å². The molecule has 0 aromatic carbocycles. The largest absolute Gasteiger partial charge is 0.303 e. The number of nitrogens with zero attached hydrogens (tertiary/aromatic N) is 4. The maximum absolute atomic E-state index is 3.51. The Labute approximate surface area is 286 Å². The van der Waals surface area contributed by atoms with Crippen molar-refractivity contribution in [3.05, 3.63) is 0 Å². The fraction of sp³-hybridized carbons (Fsp3) is 0.810. The lowest BCUT2D eigenvalue weighted by Crippen LogP contribution is -2.29. The first kappa shape index (κ1) is 38.5. The molecule has 0 saturated heterocycles. The highest BCUT2D eigenvalue weighted by Crippen LogP contribution is 2.10. The lowest BCUT2D eigenvalue weighted by molar-refractivity contribution is 0.245. The third-order valence-corrected chi connectivity index (χ3v) is 9.61. The molecule has 4 bridgehead atoms. The van der Waals surface area contributed by atoms with E-state index in [0.29, 0.717) is 0 Å². The molecule has 0 aliphatic carbocycles. The fourth-order valence-corrected chi connectivity index (χ4v) is 6.87. The van der Waals surface area contributed by atoms with Crippen LogP contribution in [0, 0.1) is 47.4 Å². The molecule has 6 aliphatic heterocycles. The zero-order valence-electron chi connectivity index (χ0n) is 29.8. The van der Waals surface area contributed by atoms with Gasteiger partial charge in [0.25, 0.3) is 0 Å². The Bertz CT molecular complexity index is 787. The van der Waals surface area contributed by atoms with Gasteiger partial charge in [0, 0.05) is 51.4 Å². The highest BCUT2D eigenvalue weighted by molar-refractivity contribution is 5.01. The Morgan fingerprint density at radius 2 is 0.326 bits per heavy atom. The predicted molar refractivity (Wildman–Crippen MR) is 198 cm³/mol. The molecule has 0 fully saturated rings. The fourth-order valence-electron chi connectivity index (χ4n) is 6.87. The summed E-state index contributed by atoms with van der Waals surface area (Å²) in [6.07, 6.45) is 25.8. The summed E-state index contributed by atoms with van der Waals surface area (Å²) >= 11 is 0. The third kappa shape index (κ3) is 21.1. The standard InChI is InChI=1S/C42H68N4/c1-2-10-20-32-44-34-22-12-4-3-11-21-33-43(31-19-9-1)39-27-17-29-41-45-35-23-13-5-7-15-25-37-46(42-30-18-28-40-44)38-26-16-8-6-14-24-36-45/h9-42H2. The van der Waals surface area contributed by atoms with Crippen LogP contribution in [0.5, 0.6) is 0 Å². The molecule has 0 N–H and O–H groups in total. The number of hydrogen-bond acceptors (Lipinski definition) is 4. The summed E-state index contributed by atoms with van der Waals surface area (Å²) in [5.74, 6) is 28.1. The second-order valence-electron chi connectivity index (χ2n) is 13.7. The van der Waals surface area contributed by atoms with Gasteiger partial charge in [0.2, 0.25) is 0 Å². The molecule has 0 aromatic heterocycles. The van der Waals surface area contributed by atoms with Gasteiger partial charge in [0.15, 0.2) is 0 Å². The van der Waals surface area contributed by atoms with E-state index in [1.807, 2.05) is 0 Å². The zero-order chi connectivity index (χ0) is 32.0. The number of hydrogen-bond donors (Lipinski definition) is 0. The van der Waals surface area contributed by atoms with E-state index in [2.05, 4.69) is 67.0 Å². The highest BCUT2D eigenvalue weighted by Gasteiger charge is 2.09. The van der Waals surface area contributed by atoms with E-state index in [1.165, 1.54) is 168 Å². The molecular weight excluding hydrogens is 560 g/mol. The predicted octanol–water partition coefficient (Wildman–Crippen LogP) is 7.83. The monoisotopic (exact) mass is 629 g/mol. The average Bonchev–Trinajstić information content (AvgIpc) is 3.06. The van der Waals surface area contributed by atoms with Crippen LogP contribution in [0.1, 0.15) is 141 Å². The van der Waals surface area contributed by atoms with Crippen LogP contribution in [0.25, 0.3) is 0 Å². The smallest absolute Gasteiger partial charge is 0.0101 e. The van der Waals surface area contributed by atoms with Crippen LogP contribution in [-0.4, -0.2) is 98.1 Å². The van der Waals surface area contributed by atoms with Crippen molar-refractivity contribution < 1.29 is 0 Å². The summed E-state index contributed by atoms with van der Waals surface area (Å²) in [7, 11) is 0. The molecule has 0 aromatic rings. The summed E-state index contributed by atoms with van der Waals surface area (Å²) in [5.41, 5.74) is 0. The van der Waals surface area contributed by atoms with Crippen LogP contribution >= 0.6 is 0 Å². The van der Waals surface area contributed by atoms with E-state index in [-0.39, 0.29) is 0 Å². The molecule has 0 amide bonds. The SMILES string of the molecule is C1#CCCCN2CCCC#CCCCN(CCC1)CCCCCN1CCCC#CCCCN(CCCC#CCCC1)CCCCC2. The summed E-state index contributed by atoms with van der Waals surface area (Å²) in [5, 5.41) is 0. The van der Waals surface area contributed by atoms with Gasteiger partial charge in [0.1, 0.15) is 0 Å². The second kappa shape index (κ2) is 28.1. The van der Waals surface area contributed by atoms with E-state index in [4.69, 9.17) is 0 Å². The molecule has 0 radical (unpaired) electrons. The molecule has 6 rings (SSSR count). The van der Waals surface area contributed by atoms with Gasteiger partial charge in [0.05, 0.1) is 0 Å². The molecule has 4 nitrogen and oxygen atoms in total. The van der Waals surface area contributed by atoms with Crippen molar-refractivity contribution in [1.82, 2.24) is 19.6 Å². The molecule has 0 unspecified atom stereocenters. The van der Waals surface area contributed by atoms with Crippen LogP contribution < -0.4 is 0 Å². The Morgan fingerprint density at radius 3 is 0.500 bits per heavy atom. The van der Waals surface area contributed by atoms with E-state index < -0.39 is 0 Å². The zero-order valence-corrected chi connectivity index (χ0v) is 29.8. The molecule has 0 spiro atoms. The van der Waals surface area contributed by atoms with Crippen molar-refractivity contribution in [2.75, 3.05) is 78.5 Å². The minimum atomic E-state index is 1.04. The minimum Gasteiger partial charge on any atom is -0.303 e. The quantitative estimate of drug-likeness (QED) is 0.254. The molecule has 6 aliphatic rings. The van der Waals surface area contributed by atoms with Gasteiger partial charge in [-0.3, -0.25) is 0 Å². The Hall–Kier alpha value is -1.92. The summed E-state index contributed by atoms with van der Waals surface area (Å²) in [4.78, 5) is 10.8. The molecule has 46 heavy (non-hydrogen) atoms. The van der Waals surface area contributed by atoms with Gasteiger partial charge < -0.3 is 19.6 Å². The van der Waals surface area contributed by atoms with Crippen molar-refractivity contribution in [3.63, 3.8) is 0 Å². The van der Waals surface area contributed by atoms with Gasteiger partial charge in [-0.25, -0.2) is 0 Å². The summed E-state index contributed by atoms with van der Waals surface area (Å²) in [6, 6.07) is 0. The van der Waals surface area contributed by atoms with Crippen molar-refractivity contribution in [2.45, 2.75) is 141 Å². The summed E-state index contributed by atoms with van der Waals surface area (Å²) in [6.45, 7) is 14.3. The van der Waals surface area contributed by atoms with Crippen LogP contribution in [0.4, 0.5) is 0 Å². The van der Waals surface area contributed by atoms with Gasteiger partial charge in [-0.15, -0.1) is 47.4 Å². The normalized spacial score (nSPS) is 28.5. The van der Waals surface area contributed by atoms with Crippen molar-refractivity contribution in [3.8, 4) is 47.4 Å². The molecule has 0 atom stereocenters. The van der Waals surface area contributed by atoms with Crippen LogP contribution in [0.3, 0.4) is 0 Å². The Kier molecular flexibility index (Phi) is 23.6. The van der Waals surface area contributed by atoms with Gasteiger partial charge in [-0.05, 0) is 156 Å². The van der Waals surface area contributed by atoms with E-state index in [1.54, 1.807) is 0 Å². The van der Waals surface area contributed by atoms with E-state index in [9.17, 15) is 0 Å². The molecular formula is C42H68N4. The lowest BCUT2D eigenvalue weighted by atomic mass is 10.1. The first-order valence-corrected chi connectivity index (χ1v) is 19.6. The van der Waals surface area contributed by atoms with E-state index in [0.717, 1.165) is 51.4 Å².